The van der Waals surface area contributed by atoms with Gasteiger partial charge in [-0.05, 0) is 48.4 Å². The molecule has 0 atom stereocenters. The van der Waals surface area contributed by atoms with Gasteiger partial charge >= 0.3 is 0 Å². The lowest BCUT2D eigenvalue weighted by Crippen LogP contribution is -1.94. The molecule has 3 aromatic heterocycles. The van der Waals surface area contributed by atoms with E-state index in [1.54, 1.807) is 6.20 Å². The van der Waals surface area contributed by atoms with Crippen molar-refractivity contribution < 1.29 is 0 Å². The Kier molecular flexibility index (Phi) is 4.45. The highest BCUT2D eigenvalue weighted by atomic mass is 35.5. The second-order valence-electron chi connectivity index (χ2n) is 5.07. The van der Waals surface area contributed by atoms with Crippen molar-refractivity contribution in [3.8, 4) is 22.8 Å². The fraction of sp³-hybridized carbons (Fsp3) is 0.167. The van der Waals surface area contributed by atoms with Gasteiger partial charge in [-0.1, -0.05) is 31.0 Å². The fourth-order valence-corrected chi connectivity index (χ4v) is 2.54. The Labute approximate surface area is 135 Å². The van der Waals surface area contributed by atoms with E-state index in [1.165, 1.54) is 5.56 Å². The zero-order chi connectivity index (χ0) is 15.4. The van der Waals surface area contributed by atoms with Gasteiger partial charge in [0.25, 0.3) is 0 Å². The highest BCUT2D eigenvalue weighted by Gasteiger charge is 2.08. The molecule has 0 saturated carbocycles. The average Bonchev–Trinajstić information content (AvgIpc) is 2.56. The lowest BCUT2D eigenvalue weighted by atomic mass is 10.1. The van der Waals surface area contributed by atoms with Crippen LogP contribution >= 0.6 is 11.6 Å². The van der Waals surface area contributed by atoms with Gasteiger partial charge < -0.3 is 0 Å². The minimum absolute atomic E-state index is 0.633. The minimum atomic E-state index is 0.633. The second kappa shape index (κ2) is 6.67. The third kappa shape index (κ3) is 3.31. The molecule has 0 spiro atoms. The molecule has 3 heterocycles. The summed E-state index contributed by atoms with van der Waals surface area (Å²) in [5.41, 5.74) is 4.42. The monoisotopic (exact) mass is 309 g/mol. The van der Waals surface area contributed by atoms with Crippen molar-refractivity contribution in [1.82, 2.24) is 15.0 Å². The predicted octanol–water partition coefficient (Wildman–Crippen LogP) is 4.81. The number of hydrogen-bond acceptors (Lipinski definition) is 3. The maximum absolute atomic E-state index is 6.26. The van der Waals surface area contributed by atoms with E-state index in [2.05, 4.69) is 27.9 Å². The van der Waals surface area contributed by atoms with E-state index >= 15 is 0 Å². The Morgan fingerprint density at radius 1 is 0.864 bits per heavy atom. The molecule has 0 N–H and O–H groups in total. The first kappa shape index (κ1) is 14.7. The van der Waals surface area contributed by atoms with Crippen LogP contribution in [0.3, 0.4) is 0 Å². The molecule has 22 heavy (non-hydrogen) atoms. The Bertz CT molecular complexity index is 772. The molecule has 0 unspecified atom stereocenters. The Balaban J connectivity index is 2.04. The third-order valence-corrected chi connectivity index (χ3v) is 3.56. The number of aryl methyl sites for hydroxylation is 1. The number of hydrogen-bond donors (Lipinski definition) is 0. The normalized spacial score (nSPS) is 10.6. The van der Waals surface area contributed by atoms with Crippen molar-refractivity contribution in [2.75, 3.05) is 0 Å². The van der Waals surface area contributed by atoms with E-state index < -0.39 is 0 Å². The summed E-state index contributed by atoms with van der Waals surface area (Å²) in [5.74, 6) is 0. The number of nitrogens with zero attached hydrogens (tertiary/aromatic N) is 3. The molecular weight excluding hydrogens is 294 g/mol. The maximum atomic E-state index is 6.26. The van der Waals surface area contributed by atoms with Crippen LogP contribution < -0.4 is 0 Å². The molecule has 4 heteroatoms. The van der Waals surface area contributed by atoms with Crippen molar-refractivity contribution in [1.29, 1.82) is 0 Å². The van der Waals surface area contributed by atoms with Gasteiger partial charge in [-0.3, -0.25) is 9.97 Å². The van der Waals surface area contributed by atoms with Gasteiger partial charge in [0.1, 0.15) is 0 Å². The SMILES string of the molecule is CCCc1ccnc(-c2cc(Cl)cc(-c3ccccn3)n2)c1. The number of halogens is 1. The summed E-state index contributed by atoms with van der Waals surface area (Å²) in [4.78, 5) is 13.4. The van der Waals surface area contributed by atoms with Gasteiger partial charge in [0.2, 0.25) is 0 Å². The molecule has 0 radical (unpaired) electrons. The van der Waals surface area contributed by atoms with E-state index in [0.29, 0.717) is 5.02 Å². The quantitative estimate of drug-likeness (QED) is 0.694. The number of pyridine rings is 3. The molecule has 0 saturated heterocycles. The fourth-order valence-electron chi connectivity index (χ4n) is 2.33. The standard InChI is InChI=1S/C18H16ClN3/c1-2-5-13-7-9-21-16(10-13)18-12-14(19)11-17(22-18)15-6-3-4-8-20-15/h3-4,6-12H,2,5H2,1H3. The van der Waals surface area contributed by atoms with Crippen molar-refractivity contribution in [2.24, 2.45) is 0 Å². The van der Waals surface area contributed by atoms with Crippen LogP contribution in [-0.2, 0) is 6.42 Å². The summed E-state index contributed by atoms with van der Waals surface area (Å²) in [6.45, 7) is 2.16. The second-order valence-corrected chi connectivity index (χ2v) is 5.51. The summed E-state index contributed by atoms with van der Waals surface area (Å²) < 4.78 is 0. The molecule has 3 nitrogen and oxygen atoms in total. The van der Waals surface area contributed by atoms with Crippen LogP contribution in [0.4, 0.5) is 0 Å². The first-order valence-electron chi connectivity index (χ1n) is 7.30. The van der Waals surface area contributed by atoms with Crippen molar-refractivity contribution in [3.05, 3.63) is 65.4 Å². The molecule has 0 aliphatic carbocycles. The molecule has 0 aliphatic rings. The Hall–Kier alpha value is -2.26. The van der Waals surface area contributed by atoms with E-state index in [9.17, 15) is 0 Å². The molecular formula is C18H16ClN3. The highest BCUT2D eigenvalue weighted by molar-refractivity contribution is 6.31. The molecule has 0 bridgehead atoms. The summed E-state index contributed by atoms with van der Waals surface area (Å²) in [6.07, 6.45) is 5.70. The van der Waals surface area contributed by atoms with Crippen LogP contribution in [0.15, 0.2) is 54.9 Å². The van der Waals surface area contributed by atoms with Crippen LogP contribution in [-0.4, -0.2) is 15.0 Å². The van der Waals surface area contributed by atoms with Crippen molar-refractivity contribution in [2.45, 2.75) is 19.8 Å². The van der Waals surface area contributed by atoms with Gasteiger partial charge in [-0.15, -0.1) is 0 Å². The molecule has 0 fully saturated rings. The molecule has 0 aliphatic heterocycles. The molecule has 3 aromatic rings. The van der Waals surface area contributed by atoms with Crippen LogP contribution in [0, 0.1) is 0 Å². The van der Waals surface area contributed by atoms with Crippen molar-refractivity contribution >= 4 is 11.6 Å². The molecule has 0 aromatic carbocycles. The maximum Gasteiger partial charge on any atom is 0.0909 e. The summed E-state index contributed by atoms with van der Waals surface area (Å²) in [6, 6.07) is 13.5. The van der Waals surface area contributed by atoms with Crippen molar-refractivity contribution in [3.63, 3.8) is 0 Å². The number of rotatable bonds is 4. The summed E-state index contributed by atoms with van der Waals surface area (Å²) >= 11 is 6.26. The Morgan fingerprint density at radius 3 is 2.36 bits per heavy atom. The van der Waals surface area contributed by atoms with Gasteiger partial charge in [0.15, 0.2) is 0 Å². The first-order valence-corrected chi connectivity index (χ1v) is 7.68. The van der Waals surface area contributed by atoms with Crippen LogP contribution in [0.2, 0.25) is 5.02 Å². The molecule has 0 amide bonds. The number of aromatic nitrogens is 3. The van der Waals surface area contributed by atoms with Gasteiger partial charge in [-0.25, -0.2) is 4.98 Å². The lowest BCUT2D eigenvalue weighted by Gasteiger charge is -2.07. The van der Waals surface area contributed by atoms with Gasteiger partial charge in [-0.2, -0.15) is 0 Å². The Morgan fingerprint density at radius 2 is 1.64 bits per heavy atom. The molecule has 110 valence electrons. The zero-order valence-corrected chi connectivity index (χ0v) is 13.1. The van der Waals surface area contributed by atoms with E-state index in [1.807, 2.05) is 42.6 Å². The minimum Gasteiger partial charge on any atom is -0.255 e. The first-order chi connectivity index (χ1) is 10.8. The van der Waals surface area contributed by atoms with E-state index in [-0.39, 0.29) is 0 Å². The topological polar surface area (TPSA) is 38.7 Å². The van der Waals surface area contributed by atoms with E-state index in [4.69, 9.17) is 11.6 Å². The summed E-state index contributed by atoms with van der Waals surface area (Å²) in [7, 11) is 0. The summed E-state index contributed by atoms with van der Waals surface area (Å²) in [5, 5.41) is 0.633. The average molecular weight is 310 g/mol. The molecule has 3 rings (SSSR count). The van der Waals surface area contributed by atoms with Crippen LogP contribution in [0.25, 0.3) is 22.8 Å². The zero-order valence-electron chi connectivity index (χ0n) is 12.3. The van der Waals surface area contributed by atoms with E-state index in [0.717, 1.165) is 35.6 Å². The van der Waals surface area contributed by atoms with Gasteiger partial charge in [0, 0.05) is 17.4 Å². The highest BCUT2D eigenvalue weighted by Crippen LogP contribution is 2.25. The predicted molar refractivity (Wildman–Crippen MR) is 89.7 cm³/mol. The lowest BCUT2D eigenvalue weighted by molar-refractivity contribution is 0.918. The third-order valence-electron chi connectivity index (χ3n) is 3.34. The van der Waals surface area contributed by atoms with Gasteiger partial charge in [0.05, 0.1) is 22.8 Å². The van der Waals surface area contributed by atoms with Crippen LogP contribution in [0.1, 0.15) is 18.9 Å². The van der Waals surface area contributed by atoms with Crippen LogP contribution in [0.5, 0.6) is 0 Å². The largest absolute Gasteiger partial charge is 0.255 e. The smallest absolute Gasteiger partial charge is 0.0909 e.